The second-order valence-corrected chi connectivity index (χ2v) is 3.43. The van der Waals surface area contributed by atoms with Gasteiger partial charge in [0.15, 0.2) is 0 Å². The van der Waals surface area contributed by atoms with Crippen molar-refractivity contribution < 1.29 is 13.9 Å². The molecule has 0 heterocycles. The van der Waals surface area contributed by atoms with Gasteiger partial charge in [-0.3, -0.25) is 0 Å². The Bertz CT molecular complexity index is 304. The van der Waals surface area contributed by atoms with E-state index in [9.17, 15) is 13.9 Å². The van der Waals surface area contributed by atoms with Gasteiger partial charge in [-0.1, -0.05) is 31.2 Å². The molecule has 13 heavy (non-hydrogen) atoms. The standard InChI is InChI=1S/C10H10F2O/c1-6-7-4-2-3-5-8(7)9(13)10(6,11)12/h2-6,9,13H,1H3/t6-,9+/m0/s1. The molecule has 3 heteroatoms. The molecule has 1 aromatic carbocycles. The predicted octanol–water partition coefficient (Wildman–Crippen LogP) is 2.47. The molecule has 0 aromatic heterocycles. The average Bonchev–Trinajstić information content (AvgIpc) is 2.30. The van der Waals surface area contributed by atoms with E-state index in [1.165, 1.54) is 6.92 Å². The highest BCUT2D eigenvalue weighted by atomic mass is 19.3. The lowest BCUT2D eigenvalue weighted by Crippen LogP contribution is -2.24. The number of halogens is 2. The highest BCUT2D eigenvalue weighted by Crippen LogP contribution is 2.50. The fourth-order valence-corrected chi connectivity index (χ4v) is 1.81. The molecule has 0 unspecified atom stereocenters. The monoisotopic (exact) mass is 184 g/mol. The maximum absolute atomic E-state index is 13.3. The molecule has 2 rings (SSSR count). The highest BCUT2D eigenvalue weighted by Gasteiger charge is 2.52. The average molecular weight is 184 g/mol. The number of hydrogen-bond donors (Lipinski definition) is 1. The van der Waals surface area contributed by atoms with Gasteiger partial charge in [-0.05, 0) is 11.1 Å². The van der Waals surface area contributed by atoms with Crippen molar-refractivity contribution in [3.05, 3.63) is 35.4 Å². The summed E-state index contributed by atoms with van der Waals surface area (Å²) in [6.07, 6.45) is -1.64. The van der Waals surface area contributed by atoms with Gasteiger partial charge in [0.05, 0.1) is 0 Å². The number of fused-ring (bicyclic) bond motifs is 1. The normalized spacial score (nSPS) is 30.2. The summed E-state index contributed by atoms with van der Waals surface area (Å²) >= 11 is 0. The molecule has 0 saturated carbocycles. The Kier molecular flexibility index (Phi) is 1.67. The molecule has 0 bridgehead atoms. The van der Waals surface area contributed by atoms with Crippen LogP contribution in [0.5, 0.6) is 0 Å². The second kappa shape index (κ2) is 2.51. The summed E-state index contributed by atoms with van der Waals surface area (Å²) in [5, 5.41) is 9.33. The number of alkyl halides is 2. The zero-order chi connectivity index (χ0) is 9.64. The van der Waals surface area contributed by atoms with E-state index in [-0.39, 0.29) is 0 Å². The van der Waals surface area contributed by atoms with Gasteiger partial charge in [0.1, 0.15) is 6.10 Å². The van der Waals surface area contributed by atoms with E-state index in [0.29, 0.717) is 11.1 Å². The molecule has 1 aliphatic carbocycles. The third-order valence-electron chi connectivity index (χ3n) is 2.70. The number of benzene rings is 1. The van der Waals surface area contributed by atoms with E-state index in [1.54, 1.807) is 24.3 Å². The fraction of sp³-hybridized carbons (Fsp3) is 0.400. The number of aliphatic hydroxyl groups excluding tert-OH is 1. The van der Waals surface area contributed by atoms with E-state index >= 15 is 0 Å². The molecule has 0 aliphatic heterocycles. The van der Waals surface area contributed by atoms with Crippen molar-refractivity contribution in [2.75, 3.05) is 0 Å². The van der Waals surface area contributed by atoms with Crippen LogP contribution in [0.15, 0.2) is 24.3 Å². The van der Waals surface area contributed by atoms with Crippen LogP contribution in [-0.2, 0) is 0 Å². The third kappa shape index (κ3) is 1.000. The zero-order valence-corrected chi connectivity index (χ0v) is 7.17. The quantitative estimate of drug-likeness (QED) is 0.656. The Morgan fingerprint density at radius 2 is 1.77 bits per heavy atom. The van der Waals surface area contributed by atoms with Crippen LogP contribution in [0.2, 0.25) is 0 Å². The third-order valence-corrected chi connectivity index (χ3v) is 2.70. The van der Waals surface area contributed by atoms with Gasteiger partial charge in [0, 0.05) is 5.92 Å². The molecule has 0 spiro atoms. The first-order chi connectivity index (χ1) is 6.05. The molecule has 1 aromatic rings. The molecule has 0 saturated heterocycles. The summed E-state index contributed by atoms with van der Waals surface area (Å²) in [5.74, 6) is -3.91. The van der Waals surface area contributed by atoms with E-state index in [2.05, 4.69) is 0 Å². The summed E-state index contributed by atoms with van der Waals surface area (Å²) in [5.41, 5.74) is 0.917. The topological polar surface area (TPSA) is 20.2 Å². The van der Waals surface area contributed by atoms with Crippen molar-refractivity contribution in [2.24, 2.45) is 0 Å². The van der Waals surface area contributed by atoms with Gasteiger partial charge in [-0.25, -0.2) is 8.78 Å². The summed E-state index contributed by atoms with van der Waals surface area (Å²) < 4.78 is 26.5. The van der Waals surface area contributed by atoms with Gasteiger partial charge < -0.3 is 5.11 Å². The summed E-state index contributed by atoms with van der Waals surface area (Å²) in [7, 11) is 0. The van der Waals surface area contributed by atoms with Crippen LogP contribution in [0.25, 0.3) is 0 Å². The van der Waals surface area contributed by atoms with E-state index in [1.807, 2.05) is 0 Å². The fourth-order valence-electron chi connectivity index (χ4n) is 1.81. The first kappa shape index (κ1) is 8.63. The molecule has 0 fully saturated rings. The Morgan fingerprint density at radius 3 is 2.31 bits per heavy atom. The molecular formula is C10H10F2O. The van der Waals surface area contributed by atoms with E-state index in [0.717, 1.165) is 0 Å². The van der Waals surface area contributed by atoms with Crippen molar-refractivity contribution in [3.63, 3.8) is 0 Å². The van der Waals surface area contributed by atoms with Crippen LogP contribution in [0.4, 0.5) is 8.78 Å². The largest absolute Gasteiger partial charge is 0.382 e. The predicted molar refractivity (Wildman–Crippen MR) is 44.8 cm³/mol. The Balaban J connectivity index is 2.57. The number of hydrogen-bond acceptors (Lipinski definition) is 1. The lowest BCUT2D eigenvalue weighted by molar-refractivity contribution is -0.112. The maximum Gasteiger partial charge on any atom is 0.284 e. The molecule has 1 nitrogen and oxygen atoms in total. The van der Waals surface area contributed by atoms with Gasteiger partial charge in [0.2, 0.25) is 0 Å². The molecule has 1 aliphatic rings. The van der Waals surface area contributed by atoms with Crippen LogP contribution in [0, 0.1) is 0 Å². The summed E-state index contributed by atoms with van der Waals surface area (Å²) in [6.45, 7) is 1.44. The SMILES string of the molecule is C[C@H]1c2ccccc2[C@@H](O)C1(F)F. The molecule has 2 atom stereocenters. The molecule has 0 radical (unpaired) electrons. The Morgan fingerprint density at radius 1 is 1.23 bits per heavy atom. The van der Waals surface area contributed by atoms with Crippen molar-refractivity contribution in [1.29, 1.82) is 0 Å². The summed E-state index contributed by atoms with van der Waals surface area (Å²) in [6, 6.07) is 6.57. The maximum atomic E-state index is 13.3. The van der Waals surface area contributed by atoms with Crippen LogP contribution in [0.1, 0.15) is 30.1 Å². The molecular weight excluding hydrogens is 174 g/mol. The minimum atomic E-state index is -3.02. The number of rotatable bonds is 0. The van der Waals surface area contributed by atoms with Gasteiger partial charge in [-0.2, -0.15) is 0 Å². The van der Waals surface area contributed by atoms with Crippen LogP contribution >= 0.6 is 0 Å². The minimum absolute atomic E-state index is 0.361. The molecule has 70 valence electrons. The van der Waals surface area contributed by atoms with Crippen molar-refractivity contribution >= 4 is 0 Å². The Hall–Kier alpha value is -0.960. The Labute approximate surface area is 75.0 Å². The second-order valence-electron chi connectivity index (χ2n) is 3.43. The number of aliphatic hydroxyl groups is 1. The van der Waals surface area contributed by atoms with Gasteiger partial charge in [-0.15, -0.1) is 0 Å². The van der Waals surface area contributed by atoms with Gasteiger partial charge >= 0.3 is 0 Å². The smallest absolute Gasteiger partial charge is 0.284 e. The van der Waals surface area contributed by atoms with Crippen LogP contribution in [-0.4, -0.2) is 11.0 Å². The minimum Gasteiger partial charge on any atom is -0.382 e. The summed E-state index contributed by atoms with van der Waals surface area (Å²) in [4.78, 5) is 0. The highest BCUT2D eigenvalue weighted by molar-refractivity contribution is 5.40. The lowest BCUT2D eigenvalue weighted by Gasteiger charge is -2.18. The lowest BCUT2D eigenvalue weighted by atomic mass is 10.0. The van der Waals surface area contributed by atoms with Crippen molar-refractivity contribution in [2.45, 2.75) is 24.9 Å². The van der Waals surface area contributed by atoms with Crippen molar-refractivity contribution in [3.8, 4) is 0 Å². The van der Waals surface area contributed by atoms with Crippen LogP contribution < -0.4 is 0 Å². The zero-order valence-electron chi connectivity index (χ0n) is 7.17. The van der Waals surface area contributed by atoms with Crippen molar-refractivity contribution in [1.82, 2.24) is 0 Å². The molecule has 0 amide bonds. The van der Waals surface area contributed by atoms with Gasteiger partial charge in [0.25, 0.3) is 5.92 Å². The molecule has 1 N–H and O–H groups in total. The van der Waals surface area contributed by atoms with E-state index in [4.69, 9.17) is 0 Å². The van der Waals surface area contributed by atoms with E-state index < -0.39 is 17.9 Å². The first-order valence-corrected chi connectivity index (χ1v) is 4.20. The van der Waals surface area contributed by atoms with Crippen LogP contribution in [0.3, 0.4) is 0 Å². The first-order valence-electron chi connectivity index (χ1n) is 4.20.